The second-order valence-corrected chi connectivity index (χ2v) is 13.5. The number of carboxylic acids is 1. The molecule has 0 atom stereocenters. The predicted molar refractivity (Wildman–Crippen MR) is 141 cm³/mol. The third-order valence-electron chi connectivity index (χ3n) is 6.11. The van der Waals surface area contributed by atoms with E-state index in [9.17, 15) is 19.8 Å². The third-order valence-corrected chi connectivity index (χ3v) is 6.11. The Labute approximate surface area is 226 Å². The maximum atomic E-state index is 13.6. The molecule has 2 aromatic rings. The molecule has 202 valence electrons. The van der Waals surface area contributed by atoms with Crippen LogP contribution in [0.25, 0.3) is 0 Å². The number of hydrogen-bond donors (Lipinski definition) is 2. The van der Waals surface area contributed by atoms with Gasteiger partial charge in [-0.25, -0.2) is 9.59 Å². The van der Waals surface area contributed by atoms with Crippen molar-refractivity contribution < 1.29 is 41.0 Å². The Kier molecular flexibility index (Phi) is 8.99. The Morgan fingerprint density at radius 3 is 1.19 bits per heavy atom. The van der Waals surface area contributed by atoms with Crippen LogP contribution in [-0.4, -0.2) is 22.2 Å². The van der Waals surface area contributed by atoms with E-state index in [1.165, 1.54) is 0 Å². The molecule has 2 aromatic carbocycles. The number of phenols is 1. The molecule has 0 aromatic heterocycles. The molecule has 0 aliphatic carbocycles. The summed E-state index contributed by atoms with van der Waals surface area (Å²) >= 11 is 0. The van der Waals surface area contributed by atoms with Crippen LogP contribution in [0.1, 0.15) is 126 Å². The number of esters is 1. The van der Waals surface area contributed by atoms with E-state index in [0.717, 1.165) is 0 Å². The number of carboxylic acid groups (broad SMARTS) is 1. The Bertz CT molecular complexity index is 1080. The number of aromatic hydroxyl groups is 1. The monoisotopic (exact) mass is 540 g/mol. The zero-order chi connectivity index (χ0) is 27.3. The molecule has 0 amide bonds. The van der Waals surface area contributed by atoms with Crippen molar-refractivity contribution >= 4 is 11.9 Å². The summed E-state index contributed by atoms with van der Waals surface area (Å²) in [5.41, 5.74) is 1.44. The van der Waals surface area contributed by atoms with Crippen molar-refractivity contribution in [2.45, 2.75) is 105 Å². The van der Waals surface area contributed by atoms with E-state index < -0.39 is 33.6 Å². The van der Waals surface area contributed by atoms with Crippen LogP contribution in [0.2, 0.25) is 0 Å². The van der Waals surface area contributed by atoms with E-state index in [0.29, 0.717) is 33.6 Å². The van der Waals surface area contributed by atoms with Gasteiger partial charge in [-0.3, -0.25) is 0 Å². The van der Waals surface area contributed by atoms with Crippen LogP contribution in [0, 0.1) is 0 Å². The van der Waals surface area contributed by atoms with E-state index in [1.54, 1.807) is 24.3 Å². The summed E-state index contributed by atoms with van der Waals surface area (Å²) < 4.78 is 6.11. The summed E-state index contributed by atoms with van der Waals surface area (Å²) in [6.45, 7) is 23.7. The van der Waals surface area contributed by atoms with Gasteiger partial charge in [0, 0.05) is 38.7 Å². The SMILES string of the molecule is CC(C)(C)c1cc(C(=O)Oc2c(C(C)(C)C)cc(C(=O)O)cc2C(C)(C)C)cc(C(C)(C)C)c1O.[Ni]. The van der Waals surface area contributed by atoms with Crippen LogP contribution in [0.5, 0.6) is 11.5 Å². The molecule has 0 bridgehead atoms. The van der Waals surface area contributed by atoms with Crippen LogP contribution in [0.3, 0.4) is 0 Å². The molecule has 36 heavy (non-hydrogen) atoms. The summed E-state index contributed by atoms with van der Waals surface area (Å²) in [7, 11) is 0. The summed E-state index contributed by atoms with van der Waals surface area (Å²) in [5.74, 6) is -0.983. The standard InChI is InChI=1S/C30H42O5.Ni/c1-27(2,3)19-15-18(16-20(23(19)31)28(4,5)6)26(34)35-24-21(29(7,8)9)13-17(25(32)33)14-22(24)30(10,11)12;/h13-16,31H,1-12H3,(H,32,33);. The summed E-state index contributed by atoms with van der Waals surface area (Å²) in [4.78, 5) is 25.5. The molecule has 0 heterocycles. The summed E-state index contributed by atoms with van der Waals surface area (Å²) in [5, 5.41) is 20.8. The summed E-state index contributed by atoms with van der Waals surface area (Å²) in [6.07, 6.45) is 0. The second-order valence-electron chi connectivity index (χ2n) is 13.5. The Morgan fingerprint density at radius 2 is 0.917 bits per heavy atom. The number of hydrogen-bond acceptors (Lipinski definition) is 4. The van der Waals surface area contributed by atoms with Gasteiger partial charge in [-0.2, -0.15) is 0 Å². The molecule has 2 N–H and O–H groups in total. The Balaban J connectivity index is 0.00000648. The number of rotatable bonds is 3. The molecule has 0 spiro atoms. The summed E-state index contributed by atoms with van der Waals surface area (Å²) in [6, 6.07) is 6.59. The van der Waals surface area contributed by atoms with Gasteiger partial charge >= 0.3 is 11.9 Å². The molecular weight excluding hydrogens is 499 g/mol. The largest absolute Gasteiger partial charge is 0.507 e. The first-order valence-corrected chi connectivity index (χ1v) is 12.1. The van der Waals surface area contributed by atoms with E-state index in [2.05, 4.69) is 0 Å². The molecule has 6 heteroatoms. The zero-order valence-electron chi connectivity index (χ0n) is 23.7. The van der Waals surface area contributed by atoms with Crippen LogP contribution in [-0.2, 0) is 38.2 Å². The van der Waals surface area contributed by atoms with Gasteiger partial charge in [0.25, 0.3) is 0 Å². The first-order valence-electron chi connectivity index (χ1n) is 12.1. The van der Waals surface area contributed by atoms with Crippen LogP contribution in [0.4, 0.5) is 0 Å². The van der Waals surface area contributed by atoms with E-state index in [1.807, 2.05) is 83.1 Å². The van der Waals surface area contributed by atoms with Gasteiger partial charge in [-0.15, -0.1) is 0 Å². The number of ether oxygens (including phenoxy) is 1. The molecule has 0 aliphatic heterocycles. The molecule has 0 unspecified atom stereocenters. The zero-order valence-corrected chi connectivity index (χ0v) is 24.7. The van der Waals surface area contributed by atoms with Crippen molar-refractivity contribution in [2.75, 3.05) is 0 Å². The van der Waals surface area contributed by atoms with Crippen molar-refractivity contribution in [3.63, 3.8) is 0 Å². The van der Waals surface area contributed by atoms with Gasteiger partial charge in [0.05, 0.1) is 11.1 Å². The molecule has 0 aliphatic rings. The molecule has 0 saturated heterocycles. The number of benzene rings is 2. The van der Waals surface area contributed by atoms with Crippen LogP contribution < -0.4 is 4.74 Å². The topological polar surface area (TPSA) is 83.8 Å². The van der Waals surface area contributed by atoms with Crippen LogP contribution >= 0.6 is 0 Å². The van der Waals surface area contributed by atoms with Crippen molar-refractivity contribution in [1.82, 2.24) is 0 Å². The number of aromatic carboxylic acids is 1. The normalized spacial score (nSPS) is 12.7. The quantitative estimate of drug-likeness (QED) is 0.239. The Hall–Kier alpha value is -2.33. The second kappa shape index (κ2) is 10.2. The fourth-order valence-electron chi connectivity index (χ4n) is 4.02. The van der Waals surface area contributed by atoms with Crippen molar-refractivity contribution in [1.29, 1.82) is 0 Å². The maximum absolute atomic E-state index is 13.6. The predicted octanol–water partition coefficient (Wildman–Crippen LogP) is 7.50. The number of carbonyl (C=O) groups is 2. The van der Waals surface area contributed by atoms with Crippen molar-refractivity contribution in [3.05, 3.63) is 57.6 Å². The average Bonchev–Trinajstić information content (AvgIpc) is 2.64. The third kappa shape index (κ3) is 6.91. The van der Waals surface area contributed by atoms with Gasteiger partial charge < -0.3 is 14.9 Å². The van der Waals surface area contributed by atoms with Crippen molar-refractivity contribution in [2.24, 2.45) is 0 Å². The van der Waals surface area contributed by atoms with Gasteiger partial charge in [-0.05, 0) is 45.9 Å². The fourth-order valence-corrected chi connectivity index (χ4v) is 4.02. The van der Waals surface area contributed by atoms with Gasteiger partial charge in [0.15, 0.2) is 0 Å². The van der Waals surface area contributed by atoms with E-state index >= 15 is 0 Å². The number of carbonyl (C=O) groups excluding carboxylic acids is 1. The van der Waals surface area contributed by atoms with E-state index in [-0.39, 0.29) is 27.8 Å². The molecule has 2 rings (SSSR count). The number of phenolic OH excluding ortho intramolecular Hbond substituents is 1. The Morgan fingerprint density at radius 1 is 0.611 bits per heavy atom. The van der Waals surface area contributed by atoms with Gasteiger partial charge in [0.2, 0.25) is 0 Å². The first-order chi connectivity index (χ1) is 15.5. The molecule has 0 fully saturated rings. The fraction of sp³-hybridized carbons (Fsp3) is 0.533. The first kappa shape index (κ1) is 31.7. The molecular formula is C30H42NiO5. The van der Waals surface area contributed by atoms with Gasteiger partial charge in [0.1, 0.15) is 11.5 Å². The van der Waals surface area contributed by atoms with E-state index in [4.69, 9.17) is 4.74 Å². The minimum atomic E-state index is -1.03. The minimum Gasteiger partial charge on any atom is -0.507 e. The molecule has 0 radical (unpaired) electrons. The average molecular weight is 541 g/mol. The smallest absolute Gasteiger partial charge is 0.343 e. The van der Waals surface area contributed by atoms with Crippen molar-refractivity contribution in [3.8, 4) is 11.5 Å². The van der Waals surface area contributed by atoms with Gasteiger partial charge in [-0.1, -0.05) is 83.1 Å². The van der Waals surface area contributed by atoms with Crippen LogP contribution in [0.15, 0.2) is 24.3 Å². The molecule has 0 saturated carbocycles. The minimum absolute atomic E-state index is 0. The maximum Gasteiger partial charge on any atom is 0.343 e. The molecule has 5 nitrogen and oxygen atoms in total.